The summed E-state index contributed by atoms with van der Waals surface area (Å²) < 4.78 is 31.8. The van der Waals surface area contributed by atoms with Crippen LogP contribution in [0.5, 0.6) is 0 Å². The third-order valence-corrected chi connectivity index (χ3v) is 4.54. The Balaban J connectivity index is 3.30. The maximum absolute atomic E-state index is 12.4. The molecule has 0 saturated heterocycles. The molecule has 7 nitrogen and oxygen atoms in total. The molecule has 0 aliphatic rings. The number of benzene rings is 1. The first-order chi connectivity index (χ1) is 9.72. The topological polar surface area (TPSA) is 119 Å². The lowest BCUT2D eigenvalue weighted by atomic mass is 10.1. The second kappa shape index (κ2) is 6.88. The molecule has 0 saturated carbocycles. The van der Waals surface area contributed by atoms with Gasteiger partial charge in [-0.25, -0.2) is 17.9 Å². The van der Waals surface area contributed by atoms with Crippen molar-refractivity contribution in [2.45, 2.75) is 24.8 Å². The van der Waals surface area contributed by atoms with Crippen LogP contribution in [-0.2, 0) is 14.8 Å². The van der Waals surface area contributed by atoms with Gasteiger partial charge in [-0.05, 0) is 24.1 Å². The van der Waals surface area contributed by atoms with Gasteiger partial charge in [-0.15, -0.1) is 0 Å². The summed E-state index contributed by atoms with van der Waals surface area (Å²) in [5.41, 5.74) is 5.69. The molecule has 1 unspecified atom stereocenters. The van der Waals surface area contributed by atoms with E-state index in [1.807, 2.05) is 0 Å². The third-order valence-electron chi connectivity index (χ3n) is 3.01. The van der Waals surface area contributed by atoms with E-state index in [-0.39, 0.29) is 28.7 Å². The highest BCUT2D eigenvalue weighted by Gasteiger charge is 2.27. The van der Waals surface area contributed by atoms with Crippen molar-refractivity contribution < 1.29 is 23.1 Å². The first-order valence-corrected chi connectivity index (χ1v) is 7.82. The lowest BCUT2D eigenvalue weighted by molar-refractivity contribution is 0.0596. The van der Waals surface area contributed by atoms with Crippen molar-refractivity contribution in [2.24, 2.45) is 5.92 Å². The van der Waals surface area contributed by atoms with E-state index in [2.05, 4.69) is 9.46 Å². The molecular formula is C13H20N2O5S. The molecule has 118 valence electrons. The minimum absolute atomic E-state index is 0.111. The molecular weight excluding hydrogens is 296 g/mol. The van der Waals surface area contributed by atoms with Crippen LogP contribution < -0.4 is 10.5 Å². The number of nitrogens with two attached hydrogens (primary N) is 1. The largest absolute Gasteiger partial charge is 0.465 e. The van der Waals surface area contributed by atoms with Crippen LogP contribution in [0.2, 0.25) is 0 Å². The standard InChI is InChI=1S/C13H20N2O5S/c1-8(2)11(7-16)15-21(18,19)12-6-9(14)4-5-10(12)13(17)20-3/h4-6,8,11,15-16H,7,14H2,1-3H3. The number of aliphatic hydroxyl groups excluding tert-OH is 1. The number of hydrogen-bond acceptors (Lipinski definition) is 6. The Labute approximate surface area is 124 Å². The van der Waals surface area contributed by atoms with E-state index in [9.17, 15) is 18.3 Å². The van der Waals surface area contributed by atoms with Gasteiger partial charge in [0.1, 0.15) is 0 Å². The van der Waals surface area contributed by atoms with Gasteiger partial charge in [0, 0.05) is 11.7 Å². The average molecular weight is 316 g/mol. The third kappa shape index (κ3) is 4.16. The van der Waals surface area contributed by atoms with Crippen molar-refractivity contribution in [3.05, 3.63) is 23.8 Å². The number of carbonyl (C=O) groups excluding carboxylic acids is 1. The Morgan fingerprint density at radius 2 is 2.05 bits per heavy atom. The average Bonchev–Trinajstić information content (AvgIpc) is 2.43. The van der Waals surface area contributed by atoms with Crippen LogP contribution in [0.4, 0.5) is 5.69 Å². The highest BCUT2D eigenvalue weighted by atomic mass is 32.2. The second-order valence-electron chi connectivity index (χ2n) is 4.90. The summed E-state index contributed by atoms with van der Waals surface area (Å²) in [7, 11) is -2.86. The van der Waals surface area contributed by atoms with E-state index >= 15 is 0 Å². The molecule has 1 rings (SSSR count). The number of esters is 1. The Hall–Kier alpha value is -1.64. The fraction of sp³-hybridized carbons (Fsp3) is 0.462. The highest BCUT2D eigenvalue weighted by molar-refractivity contribution is 7.89. The summed E-state index contributed by atoms with van der Waals surface area (Å²) in [6.07, 6.45) is 0. The van der Waals surface area contributed by atoms with Crippen LogP contribution in [0.25, 0.3) is 0 Å². The Morgan fingerprint density at radius 1 is 1.43 bits per heavy atom. The smallest absolute Gasteiger partial charge is 0.339 e. The summed E-state index contributed by atoms with van der Waals surface area (Å²) in [5, 5.41) is 9.24. The number of rotatable bonds is 6. The van der Waals surface area contributed by atoms with E-state index in [0.29, 0.717) is 0 Å². The number of sulfonamides is 1. The lowest BCUT2D eigenvalue weighted by Gasteiger charge is -2.20. The molecule has 21 heavy (non-hydrogen) atoms. The molecule has 0 bridgehead atoms. The first kappa shape index (κ1) is 17.4. The summed E-state index contributed by atoms with van der Waals surface area (Å²) in [5.74, 6) is -0.895. The number of methoxy groups -OCH3 is 1. The Kier molecular flexibility index (Phi) is 5.70. The fourth-order valence-corrected chi connectivity index (χ4v) is 3.29. The van der Waals surface area contributed by atoms with Gasteiger partial charge in [-0.1, -0.05) is 13.8 Å². The molecule has 1 aromatic rings. The Bertz CT molecular complexity index is 613. The van der Waals surface area contributed by atoms with Crippen molar-refractivity contribution >= 4 is 21.7 Å². The molecule has 0 aliphatic carbocycles. The predicted molar refractivity (Wildman–Crippen MR) is 78.2 cm³/mol. The van der Waals surface area contributed by atoms with Crippen molar-refractivity contribution in [3.8, 4) is 0 Å². The number of nitrogens with one attached hydrogen (secondary N) is 1. The summed E-state index contributed by atoms with van der Waals surface area (Å²) in [6, 6.07) is 3.22. The molecule has 0 fully saturated rings. The Morgan fingerprint density at radius 3 is 2.52 bits per heavy atom. The number of ether oxygens (including phenoxy) is 1. The number of hydrogen-bond donors (Lipinski definition) is 3. The van der Waals surface area contributed by atoms with Crippen LogP contribution in [0.15, 0.2) is 23.1 Å². The monoisotopic (exact) mass is 316 g/mol. The van der Waals surface area contributed by atoms with Crippen molar-refractivity contribution in [1.82, 2.24) is 4.72 Å². The molecule has 0 spiro atoms. The fourth-order valence-electron chi connectivity index (χ4n) is 1.69. The van der Waals surface area contributed by atoms with Gasteiger partial charge in [0.2, 0.25) is 10.0 Å². The van der Waals surface area contributed by atoms with Crippen LogP contribution in [0, 0.1) is 5.92 Å². The zero-order chi connectivity index (χ0) is 16.2. The first-order valence-electron chi connectivity index (χ1n) is 6.34. The zero-order valence-corrected chi connectivity index (χ0v) is 13.0. The van der Waals surface area contributed by atoms with Crippen molar-refractivity contribution in [3.63, 3.8) is 0 Å². The molecule has 0 aromatic heterocycles. The van der Waals surface area contributed by atoms with E-state index in [0.717, 1.165) is 7.11 Å². The summed E-state index contributed by atoms with van der Waals surface area (Å²) >= 11 is 0. The second-order valence-corrected chi connectivity index (χ2v) is 6.58. The quantitative estimate of drug-likeness (QED) is 0.515. The predicted octanol–water partition coefficient (Wildman–Crippen LogP) is 0.351. The zero-order valence-electron chi connectivity index (χ0n) is 12.2. The summed E-state index contributed by atoms with van der Waals surface area (Å²) in [6.45, 7) is 3.18. The van der Waals surface area contributed by atoms with E-state index in [1.165, 1.54) is 18.2 Å². The highest BCUT2D eigenvalue weighted by Crippen LogP contribution is 2.21. The molecule has 1 atom stereocenters. The van der Waals surface area contributed by atoms with Gasteiger partial charge in [0.15, 0.2) is 0 Å². The van der Waals surface area contributed by atoms with Crippen LogP contribution in [0.1, 0.15) is 24.2 Å². The molecule has 8 heteroatoms. The minimum atomic E-state index is -4.02. The van der Waals surface area contributed by atoms with E-state index in [4.69, 9.17) is 5.73 Å². The van der Waals surface area contributed by atoms with Gasteiger partial charge >= 0.3 is 5.97 Å². The van der Waals surface area contributed by atoms with Gasteiger partial charge in [-0.3, -0.25) is 0 Å². The van der Waals surface area contributed by atoms with E-state index < -0.39 is 22.0 Å². The number of carbonyl (C=O) groups is 1. The summed E-state index contributed by atoms with van der Waals surface area (Å²) in [4.78, 5) is 11.4. The maximum atomic E-state index is 12.4. The van der Waals surface area contributed by atoms with Crippen molar-refractivity contribution in [2.75, 3.05) is 19.5 Å². The van der Waals surface area contributed by atoms with Crippen LogP contribution in [0.3, 0.4) is 0 Å². The van der Waals surface area contributed by atoms with Gasteiger partial charge in [-0.2, -0.15) is 0 Å². The van der Waals surface area contributed by atoms with Gasteiger partial charge in [0.25, 0.3) is 0 Å². The molecule has 0 radical (unpaired) electrons. The normalized spacial score (nSPS) is 13.2. The molecule has 0 amide bonds. The SMILES string of the molecule is COC(=O)c1ccc(N)cc1S(=O)(=O)NC(CO)C(C)C. The van der Waals surface area contributed by atoms with Gasteiger partial charge < -0.3 is 15.6 Å². The maximum Gasteiger partial charge on any atom is 0.339 e. The molecule has 4 N–H and O–H groups in total. The van der Waals surface area contributed by atoms with Crippen LogP contribution in [-0.4, -0.2) is 39.3 Å². The van der Waals surface area contributed by atoms with Crippen molar-refractivity contribution in [1.29, 1.82) is 0 Å². The molecule has 0 heterocycles. The lowest BCUT2D eigenvalue weighted by Crippen LogP contribution is -2.41. The number of aliphatic hydroxyl groups is 1. The minimum Gasteiger partial charge on any atom is -0.465 e. The molecule has 1 aromatic carbocycles. The van der Waals surface area contributed by atoms with E-state index in [1.54, 1.807) is 13.8 Å². The number of anilines is 1. The molecule has 0 aliphatic heterocycles. The van der Waals surface area contributed by atoms with Crippen LogP contribution >= 0.6 is 0 Å². The van der Waals surface area contributed by atoms with Gasteiger partial charge in [0.05, 0.1) is 24.2 Å². The number of nitrogen functional groups attached to an aromatic ring is 1.